The predicted molar refractivity (Wildman–Crippen MR) is 89.9 cm³/mol. The van der Waals surface area contributed by atoms with E-state index in [-0.39, 0.29) is 11.5 Å². The number of fused-ring (bicyclic) bond motifs is 1. The first-order valence-electron chi connectivity index (χ1n) is 7.64. The van der Waals surface area contributed by atoms with Gasteiger partial charge in [-0.25, -0.2) is 0 Å². The highest BCUT2D eigenvalue weighted by molar-refractivity contribution is 5.82. The molecule has 1 aromatic carbocycles. The number of H-pyrrole nitrogens is 1. The molecule has 2 aromatic rings. The molecule has 118 valence electrons. The van der Waals surface area contributed by atoms with E-state index in [1.165, 1.54) is 0 Å². The molecule has 0 atom stereocenters. The van der Waals surface area contributed by atoms with Gasteiger partial charge in [-0.3, -0.25) is 9.59 Å². The van der Waals surface area contributed by atoms with Crippen molar-refractivity contribution in [2.45, 2.75) is 41.2 Å². The van der Waals surface area contributed by atoms with Gasteiger partial charge in [0.1, 0.15) is 0 Å². The first-order chi connectivity index (χ1) is 10.2. The molecule has 1 N–H and O–H groups in total. The van der Waals surface area contributed by atoms with Crippen LogP contribution in [0, 0.1) is 12.3 Å². The minimum absolute atomic E-state index is 0.0541. The highest BCUT2D eigenvalue weighted by atomic mass is 16.2. The van der Waals surface area contributed by atoms with Crippen LogP contribution in [-0.2, 0) is 11.3 Å². The maximum absolute atomic E-state index is 12.4. The lowest BCUT2D eigenvalue weighted by molar-refractivity contribution is -0.139. The molecule has 1 heterocycles. The lowest BCUT2D eigenvalue weighted by Gasteiger charge is -2.28. The molecule has 4 heteroatoms. The fourth-order valence-corrected chi connectivity index (χ4v) is 2.48. The Kier molecular flexibility index (Phi) is 4.40. The van der Waals surface area contributed by atoms with Crippen molar-refractivity contribution in [3.05, 3.63) is 45.7 Å². The van der Waals surface area contributed by atoms with Crippen LogP contribution >= 0.6 is 0 Å². The van der Waals surface area contributed by atoms with Crippen molar-refractivity contribution in [3.8, 4) is 0 Å². The Morgan fingerprint density at radius 2 is 1.91 bits per heavy atom. The average Bonchev–Trinajstić information content (AvgIpc) is 2.43. The number of benzene rings is 1. The van der Waals surface area contributed by atoms with Gasteiger partial charge in [0.05, 0.1) is 6.54 Å². The standard InChI is InChI=1S/C18H24N2O2/c1-6-20(17(22)18(3,4)5)11-14-10-13-8-7-12(2)9-15(13)19-16(14)21/h7-10H,6,11H2,1-5H3,(H,19,21). The van der Waals surface area contributed by atoms with Crippen LogP contribution in [0.3, 0.4) is 0 Å². The molecule has 0 aliphatic rings. The number of hydrogen-bond acceptors (Lipinski definition) is 2. The van der Waals surface area contributed by atoms with Gasteiger partial charge < -0.3 is 9.88 Å². The lowest BCUT2D eigenvalue weighted by atomic mass is 9.94. The highest BCUT2D eigenvalue weighted by Crippen LogP contribution is 2.19. The third-order valence-electron chi connectivity index (χ3n) is 3.75. The molecule has 0 unspecified atom stereocenters. The van der Waals surface area contributed by atoms with Crippen molar-refractivity contribution in [1.29, 1.82) is 0 Å². The van der Waals surface area contributed by atoms with Crippen LogP contribution in [0.15, 0.2) is 29.1 Å². The summed E-state index contributed by atoms with van der Waals surface area (Å²) in [6.45, 7) is 10.5. The summed E-state index contributed by atoms with van der Waals surface area (Å²) in [5.74, 6) is 0.0541. The molecule has 22 heavy (non-hydrogen) atoms. The first kappa shape index (κ1) is 16.3. The van der Waals surface area contributed by atoms with Crippen molar-refractivity contribution in [2.24, 2.45) is 5.41 Å². The lowest BCUT2D eigenvalue weighted by Crippen LogP contribution is -2.40. The number of amides is 1. The molecule has 0 radical (unpaired) electrons. The summed E-state index contributed by atoms with van der Waals surface area (Å²) >= 11 is 0. The van der Waals surface area contributed by atoms with E-state index >= 15 is 0 Å². The first-order valence-corrected chi connectivity index (χ1v) is 7.64. The molecular weight excluding hydrogens is 276 g/mol. The van der Waals surface area contributed by atoms with Gasteiger partial charge in [0.2, 0.25) is 5.91 Å². The van der Waals surface area contributed by atoms with Gasteiger partial charge in [0.15, 0.2) is 0 Å². The SMILES string of the molecule is CCN(Cc1cc2ccc(C)cc2[nH]c1=O)C(=O)C(C)(C)C. The molecule has 0 aliphatic carbocycles. The minimum atomic E-state index is -0.448. The van der Waals surface area contributed by atoms with Gasteiger partial charge in [-0.05, 0) is 36.9 Å². The Labute approximate surface area is 131 Å². The van der Waals surface area contributed by atoms with Crippen molar-refractivity contribution >= 4 is 16.8 Å². The summed E-state index contributed by atoms with van der Waals surface area (Å²) in [6.07, 6.45) is 0. The van der Waals surface area contributed by atoms with Crippen molar-refractivity contribution in [2.75, 3.05) is 6.54 Å². The van der Waals surface area contributed by atoms with E-state index in [0.29, 0.717) is 18.7 Å². The van der Waals surface area contributed by atoms with Gasteiger partial charge in [-0.1, -0.05) is 32.9 Å². The predicted octanol–water partition coefficient (Wildman–Crippen LogP) is 3.23. The normalized spacial score (nSPS) is 11.7. The molecule has 0 fully saturated rings. The molecule has 0 saturated heterocycles. The molecule has 0 bridgehead atoms. The molecule has 2 rings (SSSR count). The van der Waals surface area contributed by atoms with Crippen LogP contribution in [0.5, 0.6) is 0 Å². The Hall–Kier alpha value is -2.10. The van der Waals surface area contributed by atoms with E-state index in [2.05, 4.69) is 4.98 Å². The number of carbonyl (C=O) groups excluding carboxylic acids is 1. The number of nitrogens with one attached hydrogen (secondary N) is 1. The third-order valence-corrected chi connectivity index (χ3v) is 3.75. The van der Waals surface area contributed by atoms with Crippen LogP contribution in [0.1, 0.15) is 38.8 Å². The topological polar surface area (TPSA) is 53.2 Å². The summed E-state index contributed by atoms with van der Waals surface area (Å²) in [4.78, 5) is 29.3. The van der Waals surface area contributed by atoms with E-state index in [1.807, 2.05) is 58.9 Å². The van der Waals surface area contributed by atoms with E-state index < -0.39 is 5.41 Å². The van der Waals surface area contributed by atoms with Crippen molar-refractivity contribution < 1.29 is 4.79 Å². The summed E-state index contributed by atoms with van der Waals surface area (Å²) in [5.41, 5.74) is 1.98. The van der Waals surface area contributed by atoms with E-state index in [1.54, 1.807) is 4.90 Å². The molecule has 0 spiro atoms. The second-order valence-corrected chi connectivity index (χ2v) is 6.78. The molecule has 0 saturated carbocycles. The minimum Gasteiger partial charge on any atom is -0.338 e. The quantitative estimate of drug-likeness (QED) is 0.946. The van der Waals surface area contributed by atoms with Crippen molar-refractivity contribution in [3.63, 3.8) is 0 Å². The van der Waals surface area contributed by atoms with Gasteiger partial charge in [0, 0.05) is 23.0 Å². The molecule has 0 aliphatic heterocycles. The fourth-order valence-electron chi connectivity index (χ4n) is 2.48. The van der Waals surface area contributed by atoms with E-state index in [9.17, 15) is 9.59 Å². The number of pyridine rings is 1. The fraction of sp³-hybridized carbons (Fsp3) is 0.444. The van der Waals surface area contributed by atoms with Gasteiger partial charge in [-0.15, -0.1) is 0 Å². The van der Waals surface area contributed by atoms with Crippen LogP contribution in [0.2, 0.25) is 0 Å². The van der Waals surface area contributed by atoms with Crippen LogP contribution in [0.25, 0.3) is 10.9 Å². The Morgan fingerprint density at radius 1 is 1.23 bits per heavy atom. The number of hydrogen-bond donors (Lipinski definition) is 1. The number of aryl methyl sites for hydroxylation is 1. The van der Waals surface area contributed by atoms with E-state index in [4.69, 9.17) is 0 Å². The average molecular weight is 300 g/mol. The summed E-state index contributed by atoms with van der Waals surface area (Å²) in [7, 11) is 0. The Morgan fingerprint density at radius 3 is 2.50 bits per heavy atom. The second kappa shape index (κ2) is 5.95. The van der Waals surface area contributed by atoms with Crippen molar-refractivity contribution in [1.82, 2.24) is 9.88 Å². The number of rotatable bonds is 3. The summed E-state index contributed by atoms with van der Waals surface area (Å²) in [6, 6.07) is 7.85. The summed E-state index contributed by atoms with van der Waals surface area (Å²) in [5, 5.41) is 0.986. The second-order valence-electron chi connectivity index (χ2n) is 6.78. The zero-order valence-electron chi connectivity index (χ0n) is 14.0. The van der Waals surface area contributed by atoms with Crippen LogP contribution in [0.4, 0.5) is 0 Å². The maximum atomic E-state index is 12.4. The molecule has 4 nitrogen and oxygen atoms in total. The molecular formula is C18H24N2O2. The Balaban J connectivity index is 2.38. The zero-order chi connectivity index (χ0) is 16.5. The third kappa shape index (κ3) is 3.38. The van der Waals surface area contributed by atoms with Gasteiger partial charge in [-0.2, -0.15) is 0 Å². The number of aromatic amines is 1. The van der Waals surface area contributed by atoms with E-state index in [0.717, 1.165) is 16.5 Å². The molecule has 1 amide bonds. The summed E-state index contributed by atoms with van der Waals surface area (Å²) < 4.78 is 0. The number of nitrogens with zero attached hydrogens (tertiary/aromatic N) is 1. The smallest absolute Gasteiger partial charge is 0.253 e. The van der Waals surface area contributed by atoms with Gasteiger partial charge in [0.25, 0.3) is 5.56 Å². The van der Waals surface area contributed by atoms with Crippen LogP contribution in [-0.4, -0.2) is 22.3 Å². The number of aromatic nitrogens is 1. The monoisotopic (exact) mass is 300 g/mol. The van der Waals surface area contributed by atoms with Gasteiger partial charge >= 0.3 is 0 Å². The largest absolute Gasteiger partial charge is 0.338 e. The number of carbonyl (C=O) groups is 1. The zero-order valence-corrected chi connectivity index (χ0v) is 14.0. The molecule has 1 aromatic heterocycles. The van der Waals surface area contributed by atoms with Crippen LogP contribution < -0.4 is 5.56 Å². The Bertz CT molecular complexity index is 754. The maximum Gasteiger partial charge on any atom is 0.253 e. The highest BCUT2D eigenvalue weighted by Gasteiger charge is 2.26.